The third-order valence-corrected chi connectivity index (χ3v) is 7.47. The van der Waals surface area contributed by atoms with Gasteiger partial charge in [0.05, 0.1) is 11.7 Å². The minimum atomic E-state index is 0.278. The van der Waals surface area contributed by atoms with Crippen molar-refractivity contribution in [3.63, 3.8) is 0 Å². The molecule has 4 heteroatoms. The number of likely N-dealkylation sites (tertiary alicyclic amines) is 1. The topological polar surface area (TPSA) is 28.2 Å². The average molecular weight is 396 g/mol. The van der Waals surface area contributed by atoms with Crippen LogP contribution in [0, 0.1) is 11.8 Å². The molecule has 1 aliphatic carbocycles. The largest absolute Gasteiger partial charge is 0.317 e. The van der Waals surface area contributed by atoms with Crippen LogP contribution < -0.4 is 5.32 Å². The van der Waals surface area contributed by atoms with Crippen molar-refractivity contribution in [2.45, 2.75) is 44.6 Å². The molecule has 3 heterocycles. The summed E-state index contributed by atoms with van der Waals surface area (Å²) in [7, 11) is 0. The lowest BCUT2D eigenvalue weighted by molar-refractivity contribution is 0.108. The summed E-state index contributed by atoms with van der Waals surface area (Å²) < 4.78 is 0. The molecule has 1 N–H and O–H groups in total. The molecule has 2 aromatic rings. The van der Waals surface area contributed by atoms with E-state index in [0.29, 0.717) is 0 Å². The number of rotatable bonds is 2. The Labute approximate surface area is 173 Å². The molecule has 1 atom stereocenters. The Morgan fingerprint density at radius 3 is 2.50 bits per heavy atom. The fourth-order valence-electron chi connectivity index (χ4n) is 5.72. The van der Waals surface area contributed by atoms with E-state index in [9.17, 15) is 0 Å². The molecular formula is C24H30ClN3. The molecule has 0 spiro atoms. The Bertz CT molecular complexity index is 822. The van der Waals surface area contributed by atoms with Crippen molar-refractivity contribution in [1.82, 2.24) is 15.2 Å². The highest BCUT2D eigenvalue weighted by atomic mass is 35.5. The number of pyridine rings is 1. The second-order valence-corrected chi connectivity index (χ2v) is 9.19. The summed E-state index contributed by atoms with van der Waals surface area (Å²) in [4.78, 5) is 7.58. The van der Waals surface area contributed by atoms with E-state index in [1.807, 2.05) is 6.20 Å². The van der Waals surface area contributed by atoms with Crippen molar-refractivity contribution in [2.24, 2.45) is 11.8 Å². The molecule has 2 aliphatic heterocycles. The highest BCUT2D eigenvalue weighted by Crippen LogP contribution is 2.40. The minimum absolute atomic E-state index is 0.278. The molecule has 28 heavy (non-hydrogen) atoms. The normalized spacial score (nSPS) is 24.4. The standard InChI is InChI=1S/C24H30ClN3/c25-21-5-6-22-20(16-21)4-3-19-2-1-11-27-23(19)24(22)28-14-9-18(10-15-28)17-7-12-26-13-8-17/h1-2,5-6,11,16-18,24,26H,3-4,7-10,12-15H2. The number of fused-ring (bicyclic) bond motifs is 2. The number of aromatic nitrogens is 1. The Hall–Kier alpha value is -1.42. The van der Waals surface area contributed by atoms with Crippen molar-refractivity contribution < 1.29 is 0 Å². The lowest BCUT2D eigenvalue weighted by Gasteiger charge is -2.41. The number of aryl methyl sites for hydroxylation is 2. The number of hydrogen-bond acceptors (Lipinski definition) is 3. The molecule has 0 bridgehead atoms. The molecular weight excluding hydrogens is 366 g/mol. The summed E-state index contributed by atoms with van der Waals surface area (Å²) in [5.74, 6) is 1.83. The van der Waals surface area contributed by atoms with Crippen LogP contribution in [0.3, 0.4) is 0 Å². The molecule has 0 saturated carbocycles. The van der Waals surface area contributed by atoms with E-state index in [2.05, 4.69) is 40.5 Å². The van der Waals surface area contributed by atoms with Gasteiger partial charge in [-0.15, -0.1) is 0 Å². The zero-order valence-corrected chi connectivity index (χ0v) is 17.3. The van der Waals surface area contributed by atoms with Crippen molar-refractivity contribution in [1.29, 1.82) is 0 Å². The Kier molecular flexibility index (Phi) is 5.41. The summed E-state index contributed by atoms with van der Waals surface area (Å²) >= 11 is 6.35. The van der Waals surface area contributed by atoms with E-state index in [4.69, 9.17) is 16.6 Å². The van der Waals surface area contributed by atoms with Gasteiger partial charge in [-0.1, -0.05) is 23.7 Å². The molecule has 0 amide bonds. The number of piperidine rings is 2. The highest BCUT2D eigenvalue weighted by Gasteiger charge is 2.34. The van der Waals surface area contributed by atoms with Crippen LogP contribution in [0.2, 0.25) is 5.02 Å². The van der Waals surface area contributed by atoms with E-state index in [0.717, 1.165) is 29.7 Å². The maximum absolute atomic E-state index is 6.35. The molecule has 5 rings (SSSR count). The summed E-state index contributed by atoms with van der Waals surface area (Å²) in [5, 5.41) is 4.37. The van der Waals surface area contributed by atoms with E-state index >= 15 is 0 Å². The summed E-state index contributed by atoms with van der Waals surface area (Å²) in [6, 6.07) is 11.1. The van der Waals surface area contributed by atoms with E-state index in [1.165, 1.54) is 74.2 Å². The Balaban J connectivity index is 1.43. The van der Waals surface area contributed by atoms with Crippen molar-refractivity contribution in [3.05, 3.63) is 63.9 Å². The molecule has 2 saturated heterocycles. The molecule has 3 aliphatic rings. The van der Waals surface area contributed by atoms with Crippen molar-refractivity contribution in [2.75, 3.05) is 26.2 Å². The number of nitrogens with zero attached hydrogens (tertiary/aromatic N) is 2. The molecule has 1 aromatic heterocycles. The van der Waals surface area contributed by atoms with Crippen LogP contribution in [0.15, 0.2) is 36.5 Å². The van der Waals surface area contributed by atoms with Gasteiger partial charge in [0.15, 0.2) is 0 Å². The van der Waals surface area contributed by atoms with Crippen LogP contribution in [0.1, 0.15) is 54.1 Å². The van der Waals surface area contributed by atoms with Gasteiger partial charge in [0.2, 0.25) is 0 Å². The predicted molar refractivity (Wildman–Crippen MR) is 115 cm³/mol. The maximum Gasteiger partial charge on any atom is 0.0781 e. The summed E-state index contributed by atoms with van der Waals surface area (Å²) in [5.41, 5.74) is 5.49. The Morgan fingerprint density at radius 2 is 1.68 bits per heavy atom. The van der Waals surface area contributed by atoms with Crippen LogP contribution in [-0.2, 0) is 12.8 Å². The molecule has 2 fully saturated rings. The SMILES string of the molecule is Clc1ccc2c(c1)CCc1cccnc1C2N1CCC(C2CCNCC2)CC1. The first-order valence-corrected chi connectivity index (χ1v) is 11.3. The van der Waals surface area contributed by atoms with Gasteiger partial charge in [0, 0.05) is 11.2 Å². The first-order chi connectivity index (χ1) is 13.8. The summed E-state index contributed by atoms with van der Waals surface area (Å²) in [6.45, 7) is 4.77. The third-order valence-electron chi connectivity index (χ3n) is 7.24. The minimum Gasteiger partial charge on any atom is -0.317 e. The smallest absolute Gasteiger partial charge is 0.0781 e. The molecule has 3 nitrogen and oxygen atoms in total. The predicted octanol–water partition coefficient (Wildman–Crippen LogP) is 4.63. The van der Waals surface area contributed by atoms with Crippen molar-refractivity contribution in [3.8, 4) is 0 Å². The van der Waals surface area contributed by atoms with Crippen LogP contribution in [-0.4, -0.2) is 36.1 Å². The average Bonchev–Trinajstić information content (AvgIpc) is 2.91. The lowest BCUT2D eigenvalue weighted by Crippen LogP contribution is -2.41. The molecule has 1 aromatic carbocycles. The lowest BCUT2D eigenvalue weighted by atomic mass is 9.78. The van der Waals surface area contributed by atoms with Gasteiger partial charge in [-0.3, -0.25) is 9.88 Å². The molecule has 0 radical (unpaired) electrons. The number of benzene rings is 1. The van der Waals surface area contributed by atoms with Gasteiger partial charge < -0.3 is 5.32 Å². The zero-order chi connectivity index (χ0) is 18.9. The van der Waals surface area contributed by atoms with E-state index in [1.54, 1.807) is 0 Å². The summed E-state index contributed by atoms with van der Waals surface area (Å²) in [6.07, 6.45) is 9.45. The van der Waals surface area contributed by atoms with Crippen LogP contribution >= 0.6 is 11.6 Å². The number of halogens is 1. The van der Waals surface area contributed by atoms with Crippen LogP contribution in [0.5, 0.6) is 0 Å². The van der Waals surface area contributed by atoms with Gasteiger partial charge >= 0.3 is 0 Å². The Morgan fingerprint density at radius 1 is 0.929 bits per heavy atom. The quantitative estimate of drug-likeness (QED) is 0.803. The van der Waals surface area contributed by atoms with Gasteiger partial charge in [0.1, 0.15) is 0 Å². The maximum atomic E-state index is 6.35. The van der Waals surface area contributed by atoms with Gasteiger partial charge in [-0.2, -0.15) is 0 Å². The second-order valence-electron chi connectivity index (χ2n) is 8.75. The third kappa shape index (κ3) is 3.60. The number of nitrogens with one attached hydrogen (secondary N) is 1. The molecule has 1 unspecified atom stereocenters. The second kappa shape index (κ2) is 8.14. The molecule has 148 valence electrons. The van der Waals surface area contributed by atoms with E-state index < -0.39 is 0 Å². The van der Waals surface area contributed by atoms with Crippen LogP contribution in [0.25, 0.3) is 0 Å². The first kappa shape index (κ1) is 18.6. The van der Waals surface area contributed by atoms with Gasteiger partial charge in [0.25, 0.3) is 0 Å². The highest BCUT2D eigenvalue weighted by molar-refractivity contribution is 6.30. The van der Waals surface area contributed by atoms with Crippen molar-refractivity contribution >= 4 is 11.6 Å². The fraction of sp³-hybridized carbons (Fsp3) is 0.542. The van der Waals surface area contributed by atoms with Gasteiger partial charge in [-0.25, -0.2) is 0 Å². The zero-order valence-electron chi connectivity index (χ0n) is 16.5. The van der Waals surface area contributed by atoms with Gasteiger partial charge in [-0.05, 0) is 111 Å². The monoisotopic (exact) mass is 395 g/mol. The van der Waals surface area contributed by atoms with E-state index in [-0.39, 0.29) is 6.04 Å². The fourth-order valence-corrected chi connectivity index (χ4v) is 5.91. The first-order valence-electron chi connectivity index (χ1n) is 11.0. The van der Waals surface area contributed by atoms with Crippen LogP contribution in [0.4, 0.5) is 0 Å². The number of hydrogen-bond donors (Lipinski definition) is 1.